The van der Waals surface area contributed by atoms with E-state index in [-0.39, 0.29) is 18.3 Å². The van der Waals surface area contributed by atoms with Gasteiger partial charge in [0.2, 0.25) is 0 Å². The van der Waals surface area contributed by atoms with Gasteiger partial charge in [0.1, 0.15) is 5.75 Å². The highest BCUT2D eigenvalue weighted by atomic mass is 32.2. The van der Waals surface area contributed by atoms with Crippen LogP contribution in [0, 0.1) is 0 Å². The topological polar surface area (TPSA) is 84.5 Å². The van der Waals surface area contributed by atoms with Crippen LogP contribution in [0.15, 0.2) is 18.2 Å². The van der Waals surface area contributed by atoms with Crippen molar-refractivity contribution in [2.75, 3.05) is 24.2 Å². The van der Waals surface area contributed by atoms with Crippen LogP contribution < -0.4 is 15.4 Å². The lowest BCUT2D eigenvalue weighted by atomic mass is 10.1. The summed E-state index contributed by atoms with van der Waals surface area (Å²) in [5.74, 6) is 1.10. The van der Waals surface area contributed by atoms with Crippen LogP contribution in [0.5, 0.6) is 5.75 Å². The fraction of sp³-hybridized carbons (Fsp3) is 0.533. The second-order valence-corrected chi connectivity index (χ2v) is 8.14. The second-order valence-electron chi connectivity index (χ2n) is 5.74. The lowest BCUT2D eigenvalue weighted by Crippen LogP contribution is -2.37. The van der Waals surface area contributed by atoms with E-state index in [4.69, 9.17) is 4.74 Å². The molecule has 0 unspecified atom stereocenters. The zero-order chi connectivity index (χ0) is 15.6. The Morgan fingerprint density at radius 3 is 2.95 bits per heavy atom. The monoisotopic (exact) mass is 324 g/mol. The molecule has 0 bridgehead atoms. The van der Waals surface area contributed by atoms with E-state index in [0.29, 0.717) is 18.5 Å². The lowest BCUT2D eigenvalue weighted by Gasteiger charge is -2.18. The standard InChI is InChI=1S/C15H20N2O4S/c18-15(16-10-13-4-2-8-22(13,19)20)17-12-5-6-14-11(9-12)3-1-7-21-14/h5-6,9,13H,1-4,7-8,10H2,(H2,16,17,18)/t13-/m1/s1. The van der Waals surface area contributed by atoms with Crippen LogP contribution in [0.25, 0.3) is 0 Å². The number of rotatable bonds is 3. The van der Waals surface area contributed by atoms with E-state index < -0.39 is 15.1 Å². The number of fused-ring (bicyclic) bond motifs is 1. The minimum absolute atomic E-state index is 0.169. The summed E-state index contributed by atoms with van der Waals surface area (Å²) < 4.78 is 28.9. The maximum absolute atomic E-state index is 11.9. The van der Waals surface area contributed by atoms with Crippen molar-refractivity contribution in [3.05, 3.63) is 23.8 Å². The van der Waals surface area contributed by atoms with Gasteiger partial charge in [-0.1, -0.05) is 0 Å². The van der Waals surface area contributed by atoms with Crippen molar-refractivity contribution in [2.24, 2.45) is 0 Å². The largest absolute Gasteiger partial charge is 0.493 e. The molecule has 2 aliphatic heterocycles. The van der Waals surface area contributed by atoms with Crippen molar-refractivity contribution in [1.82, 2.24) is 5.32 Å². The molecule has 3 rings (SSSR count). The molecule has 2 N–H and O–H groups in total. The number of anilines is 1. The van der Waals surface area contributed by atoms with Crippen LogP contribution >= 0.6 is 0 Å². The first-order valence-electron chi connectivity index (χ1n) is 7.57. The van der Waals surface area contributed by atoms with Crippen molar-refractivity contribution in [3.8, 4) is 5.75 Å². The van der Waals surface area contributed by atoms with Gasteiger partial charge in [-0.05, 0) is 49.4 Å². The highest BCUT2D eigenvalue weighted by molar-refractivity contribution is 7.92. The van der Waals surface area contributed by atoms with Crippen LogP contribution in [-0.4, -0.2) is 38.6 Å². The smallest absolute Gasteiger partial charge is 0.319 e. The van der Waals surface area contributed by atoms with E-state index in [1.165, 1.54) is 0 Å². The van der Waals surface area contributed by atoms with Gasteiger partial charge in [0.05, 0.1) is 17.6 Å². The molecule has 7 heteroatoms. The number of ether oxygens (including phenoxy) is 1. The van der Waals surface area contributed by atoms with Gasteiger partial charge in [-0.15, -0.1) is 0 Å². The first kappa shape index (κ1) is 15.1. The molecule has 6 nitrogen and oxygen atoms in total. The minimum atomic E-state index is -3.03. The Balaban J connectivity index is 1.56. The van der Waals surface area contributed by atoms with E-state index in [2.05, 4.69) is 10.6 Å². The number of aryl methyl sites for hydroxylation is 1. The molecule has 0 aliphatic carbocycles. The molecule has 0 saturated carbocycles. The van der Waals surface area contributed by atoms with Gasteiger partial charge in [0, 0.05) is 12.2 Å². The summed E-state index contributed by atoms with van der Waals surface area (Å²) in [6.07, 6.45) is 3.22. The average Bonchev–Trinajstić information content (AvgIpc) is 2.84. The second kappa shape index (κ2) is 6.16. The van der Waals surface area contributed by atoms with Gasteiger partial charge >= 0.3 is 6.03 Å². The quantitative estimate of drug-likeness (QED) is 0.886. The lowest BCUT2D eigenvalue weighted by molar-refractivity contribution is 0.252. The number of sulfone groups is 1. The van der Waals surface area contributed by atoms with Crippen molar-refractivity contribution in [2.45, 2.75) is 30.9 Å². The highest BCUT2D eigenvalue weighted by Gasteiger charge is 2.31. The Kier molecular flexibility index (Phi) is 4.24. The molecule has 1 fully saturated rings. The summed E-state index contributed by atoms with van der Waals surface area (Å²) in [6.45, 7) is 0.901. The molecule has 0 aromatic heterocycles. The summed E-state index contributed by atoms with van der Waals surface area (Å²) in [5, 5.41) is 4.94. The van der Waals surface area contributed by atoms with E-state index in [1.807, 2.05) is 12.1 Å². The van der Waals surface area contributed by atoms with Crippen molar-refractivity contribution in [1.29, 1.82) is 0 Å². The summed E-state index contributed by atoms with van der Waals surface area (Å²) in [7, 11) is -3.03. The molecule has 1 aromatic rings. The van der Waals surface area contributed by atoms with Gasteiger partial charge in [-0.3, -0.25) is 0 Å². The van der Waals surface area contributed by atoms with Gasteiger partial charge < -0.3 is 15.4 Å². The Bertz CT molecular complexity index is 672. The van der Waals surface area contributed by atoms with Crippen molar-refractivity contribution >= 4 is 21.6 Å². The Morgan fingerprint density at radius 2 is 2.18 bits per heavy atom. The molecule has 1 aromatic carbocycles. The van der Waals surface area contributed by atoms with E-state index >= 15 is 0 Å². The van der Waals surface area contributed by atoms with Crippen LogP contribution in [0.4, 0.5) is 10.5 Å². The number of benzene rings is 1. The highest BCUT2D eigenvalue weighted by Crippen LogP contribution is 2.27. The van der Waals surface area contributed by atoms with E-state index in [0.717, 1.165) is 30.8 Å². The zero-order valence-corrected chi connectivity index (χ0v) is 13.1. The van der Waals surface area contributed by atoms with Gasteiger partial charge in [0.15, 0.2) is 9.84 Å². The summed E-state index contributed by atoms with van der Waals surface area (Å²) in [5.41, 5.74) is 1.78. The third kappa shape index (κ3) is 3.35. The van der Waals surface area contributed by atoms with Gasteiger partial charge in [-0.2, -0.15) is 0 Å². The summed E-state index contributed by atoms with van der Waals surface area (Å²) >= 11 is 0. The van der Waals surface area contributed by atoms with Crippen LogP contribution in [0.1, 0.15) is 24.8 Å². The number of urea groups is 1. The van der Waals surface area contributed by atoms with Crippen LogP contribution in [0.2, 0.25) is 0 Å². The fourth-order valence-electron chi connectivity index (χ4n) is 2.91. The number of nitrogens with one attached hydrogen (secondary N) is 2. The summed E-state index contributed by atoms with van der Waals surface area (Å²) in [4.78, 5) is 11.9. The predicted octanol–water partition coefficient (Wildman–Crippen LogP) is 1.71. The molecule has 0 spiro atoms. The van der Waals surface area contributed by atoms with Crippen LogP contribution in [0.3, 0.4) is 0 Å². The molecular weight excluding hydrogens is 304 g/mol. The van der Waals surface area contributed by atoms with E-state index in [9.17, 15) is 13.2 Å². The number of hydrogen-bond acceptors (Lipinski definition) is 4. The number of hydrogen-bond donors (Lipinski definition) is 2. The molecule has 1 saturated heterocycles. The maximum atomic E-state index is 11.9. The maximum Gasteiger partial charge on any atom is 0.319 e. The predicted molar refractivity (Wildman–Crippen MR) is 84.1 cm³/mol. The fourth-order valence-corrected chi connectivity index (χ4v) is 4.67. The minimum Gasteiger partial charge on any atom is -0.493 e. The molecule has 0 radical (unpaired) electrons. The van der Waals surface area contributed by atoms with Gasteiger partial charge in [0.25, 0.3) is 0 Å². The molecule has 120 valence electrons. The van der Waals surface area contributed by atoms with Crippen LogP contribution in [-0.2, 0) is 16.3 Å². The molecule has 1 atom stereocenters. The first-order valence-corrected chi connectivity index (χ1v) is 9.28. The summed E-state index contributed by atoms with van der Waals surface area (Å²) in [6, 6.07) is 5.17. The number of carbonyl (C=O) groups excluding carboxylic acids is 1. The normalized spacial score (nSPS) is 22.5. The Hall–Kier alpha value is -1.76. The molecular formula is C15H20N2O4S. The van der Waals surface area contributed by atoms with Crippen molar-refractivity contribution < 1.29 is 17.9 Å². The number of carbonyl (C=O) groups is 1. The third-order valence-corrected chi connectivity index (χ3v) is 6.40. The molecule has 2 amide bonds. The third-order valence-electron chi connectivity index (χ3n) is 4.12. The molecule has 22 heavy (non-hydrogen) atoms. The number of amides is 2. The Labute approximate surface area is 130 Å². The van der Waals surface area contributed by atoms with E-state index in [1.54, 1.807) is 6.07 Å². The first-order chi connectivity index (χ1) is 10.5. The van der Waals surface area contributed by atoms with Gasteiger partial charge in [-0.25, -0.2) is 13.2 Å². The average molecular weight is 324 g/mol. The SMILES string of the molecule is O=C(NC[C@H]1CCCS1(=O)=O)Nc1ccc2c(c1)CCCO2. The Morgan fingerprint density at radius 1 is 1.32 bits per heavy atom. The van der Waals surface area contributed by atoms with Crippen molar-refractivity contribution in [3.63, 3.8) is 0 Å². The zero-order valence-electron chi connectivity index (χ0n) is 12.3. The molecule has 2 heterocycles. The molecule has 2 aliphatic rings.